The highest BCUT2D eigenvalue weighted by molar-refractivity contribution is 6.67. The molecule has 0 saturated carbocycles. The second-order valence-corrected chi connectivity index (χ2v) is 4.43. The van der Waals surface area contributed by atoms with Gasteiger partial charge in [-0.05, 0) is 16.6 Å². The van der Waals surface area contributed by atoms with E-state index < -0.39 is 42.8 Å². The first-order valence-corrected chi connectivity index (χ1v) is 5.34. The van der Waals surface area contributed by atoms with Gasteiger partial charge < -0.3 is 15.6 Å². The normalized spacial score (nSPS) is 27.3. The molecule has 0 amide bonds. The van der Waals surface area contributed by atoms with Crippen LogP contribution in [0.4, 0.5) is 0 Å². The van der Waals surface area contributed by atoms with Crippen molar-refractivity contribution in [3.63, 3.8) is 0 Å². The van der Waals surface area contributed by atoms with Gasteiger partial charge in [0.1, 0.15) is 0 Å². The summed E-state index contributed by atoms with van der Waals surface area (Å²) in [4.78, 5) is 15.9. The molecule has 1 aliphatic rings. The monoisotopic (exact) mass is 348 g/mol. The maximum Gasteiger partial charge on any atom is 0.422 e. The SMILES string of the molecule is O=C(Cl)C1([N+]([O-])(O)O)C(=O)C([N+]([O-])(O)O)C=CN1[N+]([O-])(O)O. The van der Waals surface area contributed by atoms with Gasteiger partial charge >= 0.3 is 16.7 Å². The number of Topliss-reactive ketones (excluding diaryl/α,β-unsaturated/α-hetero) is 1. The number of rotatable bonds is 4. The first kappa shape index (κ1) is 18.7. The Morgan fingerprint density at radius 1 is 1.18 bits per heavy atom. The van der Waals surface area contributed by atoms with Crippen LogP contribution in [0.25, 0.3) is 0 Å². The van der Waals surface area contributed by atoms with Crippen LogP contribution in [0, 0.1) is 15.6 Å². The average Bonchev–Trinajstić information content (AvgIpc) is 2.22. The van der Waals surface area contributed by atoms with E-state index >= 15 is 0 Å². The molecule has 6 N–H and O–H groups in total. The van der Waals surface area contributed by atoms with Crippen LogP contribution in [-0.2, 0) is 9.59 Å². The number of hydroxylamine groups is 6. The zero-order valence-corrected chi connectivity index (χ0v) is 10.9. The molecule has 22 heavy (non-hydrogen) atoms. The van der Waals surface area contributed by atoms with Crippen molar-refractivity contribution in [3.05, 3.63) is 27.9 Å². The molecule has 0 aromatic carbocycles. The Kier molecular flexibility index (Phi) is 4.35. The molecule has 15 nitrogen and oxygen atoms in total. The van der Waals surface area contributed by atoms with Crippen molar-refractivity contribution < 1.29 is 55.9 Å². The summed E-state index contributed by atoms with van der Waals surface area (Å²) in [5, 5.41) is 79.9. The molecule has 2 unspecified atom stereocenters. The maximum atomic E-state index is 12.0. The van der Waals surface area contributed by atoms with E-state index in [-0.39, 0.29) is 12.3 Å². The smallest absolute Gasteiger partial charge is 0.422 e. The zero-order valence-electron chi connectivity index (χ0n) is 10.1. The maximum absolute atomic E-state index is 12.0. The zero-order chi connectivity index (χ0) is 17.7. The molecule has 0 radical (unpaired) electrons. The Morgan fingerprint density at radius 2 is 1.64 bits per heavy atom. The molecular weight excluding hydrogens is 340 g/mol. The van der Waals surface area contributed by atoms with E-state index in [0.29, 0.717) is 0 Å². The van der Waals surface area contributed by atoms with Crippen LogP contribution < -0.4 is 0 Å². The Hall–Kier alpha value is -1.31. The molecule has 2 atom stereocenters. The van der Waals surface area contributed by atoms with Crippen LogP contribution in [0.5, 0.6) is 0 Å². The number of hydrogen-bond acceptors (Lipinski definition) is 12. The minimum Gasteiger partial charge on any atom is -0.564 e. The molecule has 0 aromatic rings. The summed E-state index contributed by atoms with van der Waals surface area (Å²) in [6.07, 6.45) is 0.147. The van der Waals surface area contributed by atoms with Gasteiger partial charge in [-0.15, -0.1) is 0 Å². The van der Waals surface area contributed by atoms with Crippen molar-refractivity contribution in [1.82, 2.24) is 5.01 Å². The molecule has 1 heterocycles. The quantitative estimate of drug-likeness (QED) is 0.146. The largest absolute Gasteiger partial charge is 0.564 e. The Bertz CT molecular complexity index is 518. The number of ketones is 1. The minimum atomic E-state index is -4.24. The third-order valence-corrected chi connectivity index (χ3v) is 2.96. The van der Waals surface area contributed by atoms with Crippen molar-refractivity contribution >= 4 is 22.6 Å². The van der Waals surface area contributed by atoms with Crippen molar-refractivity contribution in [3.8, 4) is 0 Å². The van der Waals surface area contributed by atoms with Crippen molar-refractivity contribution in [2.24, 2.45) is 0 Å². The van der Waals surface area contributed by atoms with Gasteiger partial charge in [-0.3, -0.25) is 9.59 Å². The Balaban J connectivity index is 3.74. The Morgan fingerprint density at radius 3 is 1.91 bits per heavy atom. The number of halogens is 1. The number of carbonyl (C=O) groups is 2. The first-order chi connectivity index (χ1) is 9.58. The average molecular weight is 349 g/mol. The molecule has 1 rings (SSSR count). The first-order valence-electron chi connectivity index (χ1n) is 4.96. The van der Waals surface area contributed by atoms with Gasteiger partial charge in [0.2, 0.25) is 6.04 Å². The van der Waals surface area contributed by atoms with Crippen molar-refractivity contribution in [2.45, 2.75) is 11.7 Å². The summed E-state index contributed by atoms with van der Waals surface area (Å²) < 4.78 is 0. The van der Waals surface area contributed by atoms with Crippen LogP contribution in [-0.4, -0.2) is 74.0 Å². The van der Waals surface area contributed by atoms with E-state index in [0.717, 1.165) is 0 Å². The fraction of sp³-hybridized carbons (Fsp3) is 0.333. The van der Waals surface area contributed by atoms with E-state index in [9.17, 15) is 25.2 Å². The topological polar surface area (TPSA) is 228 Å². The van der Waals surface area contributed by atoms with Gasteiger partial charge in [0, 0.05) is 11.2 Å². The van der Waals surface area contributed by atoms with Crippen LogP contribution in [0.1, 0.15) is 0 Å². The number of hydrogen-bond donors (Lipinski definition) is 6. The molecule has 0 aromatic heterocycles. The van der Waals surface area contributed by atoms with E-state index in [1.54, 1.807) is 0 Å². The molecule has 0 bridgehead atoms. The molecule has 0 saturated heterocycles. The summed E-state index contributed by atoms with van der Waals surface area (Å²) in [5.41, 5.74) is -4.24. The number of quaternary nitrogens is 3. The van der Waals surface area contributed by atoms with Crippen LogP contribution >= 0.6 is 11.6 Å². The fourth-order valence-electron chi connectivity index (χ4n) is 1.80. The van der Waals surface area contributed by atoms with Crippen molar-refractivity contribution in [1.29, 1.82) is 0 Å². The third-order valence-electron chi connectivity index (χ3n) is 2.69. The lowest BCUT2D eigenvalue weighted by molar-refractivity contribution is -1.33. The van der Waals surface area contributed by atoms with Gasteiger partial charge in [0.05, 0.1) is 6.20 Å². The third kappa shape index (κ3) is 2.68. The van der Waals surface area contributed by atoms with Crippen molar-refractivity contribution in [2.75, 3.05) is 0 Å². The molecule has 16 heteroatoms. The van der Waals surface area contributed by atoms with Gasteiger partial charge in [0.15, 0.2) is 0 Å². The van der Waals surface area contributed by atoms with E-state index in [1.165, 1.54) is 0 Å². The summed E-state index contributed by atoms with van der Waals surface area (Å²) in [6, 6.07) is -2.75. The second-order valence-electron chi connectivity index (χ2n) is 4.09. The lowest BCUT2D eigenvalue weighted by atomic mass is 9.95. The highest BCUT2D eigenvalue weighted by atomic mass is 35.5. The summed E-state index contributed by atoms with van der Waals surface area (Å²) in [7, 11) is 0. The number of carbonyl (C=O) groups excluding carboxylic acids is 2. The second kappa shape index (κ2) is 5.11. The molecule has 0 aliphatic carbocycles. The van der Waals surface area contributed by atoms with E-state index in [4.69, 9.17) is 42.8 Å². The number of nitrogens with zero attached hydrogens (tertiary/aromatic N) is 4. The van der Waals surface area contributed by atoms with Gasteiger partial charge in [0.25, 0.3) is 0 Å². The summed E-state index contributed by atoms with van der Waals surface area (Å²) in [5.74, 6) is -2.32. The van der Waals surface area contributed by atoms with Gasteiger partial charge in [-0.25, -0.2) is 0 Å². The predicted molar refractivity (Wildman–Crippen MR) is 55.0 cm³/mol. The van der Waals surface area contributed by atoms with E-state index in [2.05, 4.69) is 0 Å². The highest BCUT2D eigenvalue weighted by Gasteiger charge is 2.74. The highest BCUT2D eigenvalue weighted by Crippen LogP contribution is 2.37. The van der Waals surface area contributed by atoms with Gasteiger partial charge in [-0.2, -0.15) is 31.2 Å². The van der Waals surface area contributed by atoms with Crippen LogP contribution in [0.15, 0.2) is 12.3 Å². The van der Waals surface area contributed by atoms with E-state index in [1.807, 2.05) is 0 Å². The van der Waals surface area contributed by atoms with Gasteiger partial charge in [-0.1, -0.05) is 9.98 Å². The van der Waals surface area contributed by atoms with Crippen LogP contribution in [0.2, 0.25) is 0 Å². The molecule has 0 spiro atoms. The summed E-state index contributed by atoms with van der Waals surface area (Å²) in [6.45, 7) is 0. The molecule has 126 valence electrons. The lowest BCUT2D eigenvalue weighted by Gasteiger charge is -2.49. The van der Waals surface area contributed by atoms with Crippen LogP contribution in [0.3, 0.4) is 0 Å². The fourth-order valence-corrected chi connectivity index (χ4v) is 2.09. The standard InChI is InChI=1S/C6H9ClN4O11/c7-5(13)6(10(17,18)19)4(12)3(9(14,15)16)1-2-8(6)11(20,21)22/h1-3,14-15,17-18,20-21H. The lowest BCUT2D eigenvalue weighted by Crippen LogP contribution is -2.81. The summed E-state index contributed by atoms with van der Waals surface area (Å²) >= 11 is 4.89. The minimum absolute atomic E-state index is 0.0198. The molecule has 1 aliphatic heterocycles. The molecule has 0 fully saturated rings. The predicted octanol–water partition coefficient (Wildman–Crippen LogP) is -1.59. The Labute approximate surface area is 124 Å². The molecular formula is C6H9ClN4O11.